The molecule has 0 saturated carbocycles. The van der Waals surface area contributed by atoms with Crippen molar-refractivity contribution < 1.29 is 30.9 Å². The Kier molecular flexibility index (Phi) is 6.14. The van der Waals surface area contributed by atoms with E-state index in [2.05, 4.69) is 5.16 Å². The number of sulfonamides is 1. The highest BCUT2D eigenvalue weighted by molar-refractivity contribution is 7.90. The van der Waals surface area contributed by atoms with Gasteiger partial charge in [-0.3, -0.25) is 4.79 Å². The number of amides is 1. The van der Waals surface area contributed by atoms with Crippen molar-refractivity contribution in [3.05, 3.63) is 46.3 Å². The molecule has 0 bridgehead atoms. The lowest BCUT2D eigenvalue weighted by Gasteiger charge is -2.12. The summed E-state index contributed by atoms with van der Waals surface area (Å²) in [4.78, 5) is 11.4. The summed E-state index contributed by atoms with van der Waals surface area (Å²) in [6.07, 6.45) is -4.37. The van der Waals surface area contributed by atoms with Gasteiger partial charge in [0.05, 0.1) is 34.2 Å². The Hall–Kier alpha value is -2.87. The molecule has 1 amide bonds. The monoisotopic (exact) mass is 415 g/mol. The molecule has 1 aromatic carbocycles. The first-order valence-electron chi connectivity index (χ1n) is 8.16. The van der Waals surface area contributed by atoms with Crippen molar-refractivity contribution in [1.82, 2.24) is 9.88 Å². The summed E-state index contributed by atoms with van der Waals surface area (Å²) in [5.74, 6) is -0.507. The predicted molar refractivity (Wildman–Crippen MR) is 90.5 cm³/mol. The summed E-state index contributed by atoms with van der Waals surface area (Å²) < 4.78 is 70.6. The number of nitrogens with one attached hydrogen (secondary N) is 1. The van der Waals surface area contributed by atoms with Crippen LogP contribution >= 0.6 is 0 Å². The Morgan fingerprint density at radius 2 is 1.96 bits per heavy atom. The quantitative estimate of drug-likeness (QED) is 0.776. The molecule has 11 heteroatoms. The van der Waals surface area contributed by atoms with Crippen LogP contribution in [0.2, 0.25) is 0 Å². The zero-order chi connectivity index (χ0) is 21.1. The highest BCUT2D eigenvalue weighted by Crippen LogP contribution is 2.33. The molecule has 0 aliphatic heterocycles. The molecule has 1 aromatic heterocycles. The fourth-order valence-corrected chi connectivity index (χ4v) is 3.58. The van der Waals surface area contributed by atoms with Gasteiger partial charge in [0.2, 0.25) is 5.91 Å². The first kappa shape index (κ1) is 21.4. The second-order valence-corrected chi connectivity index (χ2v) is 7.44. The lowest BCUT2D eigenvalue weighted by molar-refractivity contribution is -0.137. The van der Waals surface area contributed by atoms with Crippen LogP contribution in [0.1, 0.15) is 42.0 Å². The van der Waals surface area contributed by atoms with Crippen molar-refractivity contribution in [3.63, 3.8) is 0 Å². The number of carbonyl (C=O) groups is 1. The van der Waals surface area contributed by atoms with Crippen molar-refractivity contribution in [2.45, 2.75) is 44.2 Å². The molecule has 0 unspecified atom stereocenters. The van der Waals surface area contributed by atoms with Crippen LogP contribution < -0.4 is 4.72 Å². The lowest BCUT2D eigenvalue weighted by Crippen LogP contribution is -2.32. The van der Waals surface area contributed by atoms with Crippen LogP contribution in [0.4, 0.5) is 13.2 Å². The number of rotatable bonds is 6. The van der Waals surface area contributed by atoms with E-state index >= 15 is 0 Å². The molecule has 0 aliphatic rings. The van der Waals surface area contributed by atoms with Gasteiger partial charge < -0.3 is 4.52 Å². The van der Waals surface area contributed by atoms with Crippen LogP contribution in [-0.2, 0) is 40.3 Å². The number of halogens is 3. The minimum Gasteiger partial charge on any atom is -0.361 e. The number of nitrogens with zero attached hydrogens (tertiary/aromatic N) is 2. The Morgan fingerprint density at radius 1 is 1.29 bits per heavy atom. The average molecular weight is 415 g/mol. The maximum Gasteiger partial charge on any atom is 0.417 e. The molecule has 0 atom stereocenters. The molecule has 0 fully saturated rings. The fraction of sp³-hybridized carbons (Fsp3) is 0.353. The molecule has 7 nitrogen and oxygen atoms in total. The van der Waals surface area contributed by atoms with Crippen molar-refractivity contribution in [3.8, 4) is 6.07 Å². The molecule has 2 aromatic rings. The third-order valence-electron chi connectivity index (χ3n) is 3.92. The van der Waals surface area contributed by atoms with Crippen molar-refractivity contribution in [2.24, 2.45) is 0 Å². The van der Waals surface area contributed by atoms with Gasteiger partial charge in [-0.2, -0.15) is 18.4 Å². The van der Waals surface area contributed by atoms with E-state index in [0.29, 0.717) is 35.9 Å². The normalized spacial score (nSPS) is 11.9. The third kappa shape index (κ3) is 4.51. The number of aromatic nitrogens is 1. The maximum absolute atomic E-state index is 13.0. The third-order valence-corrected chi connectivity index (χ3v) is 5.29. The molecule has 0 aliphatic carbocycles. The summed E-state index contributed by atoms with van der Waals surface area (Å²) >= 11 is 0. The van der Waals surface area contributed by atoms with E-state index in [1.165, 1.54) is 6.07 Å². The van der Waals surface area contributed by atoms with E-state index in [0.717, 1.165) is 12.1 Å². The van der Waals surface area contributed by atoms with Crippen molar-refractivity contribution in [1.29, 1.82) is 5.26 Å². The molecule has 28 heavy (non-hydrogen) atoms. The maximum atomic E-state index is 13.0. The zero-order valence-corrected chi connectivity index (χ0v) is 15.7. The molecule has 0 radical (unpaired) electrons. The lowest BCUT2D eigenvalue weighted by atomic mass is 10.1. The van der Waals surface area contributed by atoms with E-state index in [4.69, 9.17) is 9.78 Å². The number of aryl methyl sites for hydroxylation is 2. The van der Waals surface area contributed by atoms with Crippen LogP contribution in [0.15, 0.2) is 27.6 Å². The molecule has 1 N–H and O–H groups in total. The summed E-state index contributed by atoms with van der Waals surface area (Å²) in [5, 5.41) is 12.6. The van der Waals surface area contributed by atoms with Gasteiger partial charge in [0.1, 0.15) is 5.76 Å². The van der Waals surface area contributed by atoms with Crippen molar-refractivity contribution >= 4 is 15.9 Å². The van der Waals surface area contributed by atoms with E-state index < -0.39 is 38.1 Å². The van der Waals surface area contributed by atoms with Gasteiger partial charge in [-0.1, -0.05) is 19.0 Å². The summed E-state index contributed by atoms with van der Waals surface area (Å²) in [7, 11) is -4.57. The number of carbonyl (C=O) groups excluding carboxylic acids is 1. The molecule has 0 saturated heterocycles. The molecular weight excluding hydrogens is 399 g/mol. The molecule has 150 valence electrons. The average Bonchev–Trinajstić information content (AvgIpc) is 3.01. The van der Waals surface area contributed by atoms with Crippen LogP contribution in [0.5, 0.6) is 0 Å². The zero-order valence-electron chi connectivity index (χ0n) is 14.9. The Labute approximate surface area is 159 Å². The van der Waals surface area contributed by atoms with Gasteiger partial charge in [-0.15, -0.1) is 0 Å². The number of hydrogen-bond donors (Lipinski definition) is 1. The van der Waals surface area contributed by atoms with Crippen molar-refractivity contribution in [2.75, 3.05) is 0 Å². The Morgan fingerprint density at radius 3 is 2.50 bits per heavy atom. The van der Waals surface area contributed by atoms with Crippen LogP contribution in [0.3, 0.4) is 0 Å². The number of alkyl halides is 3. The van der Waals surface area contributed by atoms with Gasteiger partial charge in [0.25, 0.3) is 10.0 Å². The van der Waals surface area contributed by atoms with Crippen LogP contribution in [0.25, 0.3) is 0 Å². The largest absolute Gasteiger partial charge is 0.417 e. The fourth-order valence-electron chi connectivity index (χ4n) is 2.57. The first-order chi connectivity index (χ1) is 13.0. The highest BCUT2D eigenvalue weighted by Gasteiger charge is 2.35. The van der Waals surface area contributed by atoms with E-state index in [1.807, 2.05) is 0 Å². The summed E-state index contributed by atoms with van der Waals surface area (Å²) in [6.45, 7) is 3.55. The van der Waals surface area contributed by atoms with Gasteiger partial charge in [0.15, 0.2) is 0 Å². The minimum atomic E-state index is -4.92. The second-order valence-electron chi connectivity index (χ2n) is 5.76. The van der Waals surface area contributed by atoms with Crippen LogP contribution in [-0.4, -0.2) is 19.5 Å². The minimum absolute atomic E-state index is 0.322. The molecule has 1 heterocycles. The molecule has 2 rings (SSSR count). The number of hydrogen-bond acceptors (Lipinski definition) is 6. The first-order valence-corrected chi connectivity index (χ1v) is 9.65. The van der Waals surface area contributed by atoms with Gasteiger partial charge in [-0.25, -0.2) is 13.1 Å². The number of benzene rings is 1. The SMILES string of the molecule is CCc1noc(CC)c1CC(=O)NS(=O)(=O)c1ccc(C#N)c(C(F)(F)F)c1. The highest BCUT2D eigenvalue weighted by atomic mass is 32.2. The second kappa shape index (κ2) is 8.02. The van der Waals surface area contributed by atoms with E-state index in [9.17, 15) is 26.4 Å². The summed E-state index contributed by atoms with van der Waals surface area (Å²) in [5.41, 5.74) is -1.16. The van der Waals surface area contributed by atoms with Crippen LogP contribution in [0, 0.1) is 11.3 Å². The Balaban J connectivity index is 2.31. The van der Waals surface area contributed by atoms with Gasteiger partial charge >= 0.3 is 6.18 Å². The smallest absolute Gasteiger partial charge is 0.361 e. The topological polar surface area (TPSA) is 113 Å². The standard InChI is InChI=1S/C17H16F3N3O4S/c1-3-14-12(15(4-2)27-22-14)8-16(24)23-28(25,26)11-6-5-10(9-21)13(7-11)17(18,19)20/h5-7H,3-4,8H2,1-2H3,(H,23,24). The molecular formula is C17H16F3N3O4S. The number of nitriles is 1. The van der Waals surface area contributed by atoms with Gasteiger partial charge in [0, 0.05) is 12.0 Å². The predicted octanol–water partition coefficient (Wildman–Crippen LogP) is 2.74. The molecule has 0 spiro atoms. The van der Waals surface area contributed by atoms with E-state index in [1.54, 1.807) is 18.6 Å². The van der Waals surface area contributed by atoms with E-state index in [-0.39, 0.29) is 6.42 Å². The van der Waals surface area contributed by atoms with Gasteiger partial charge in [-0.05, 0) is 24.6 Å². The Bertz CT molecular complexity index is 1020. The summed E-state index contributed by atoms with van der Waals surface area (Å²) in [6, 6.07) is 3.25.